The van der Waals surface area contributed by atoms with E-state index in [1.165, 1.54) is 12.3 Å². The molecule has 0 bridgehead atoms. The molecular weight excluding hydrogens is 238 g/mol. The van der Waals surface area contributed by atoms with Crippen LogP contribution in [0.2, 0.25) is 0 Å². The summed E-state index contributed by atoms with van der Waals surface area (Å²) in [6.45, 7) is 0.155. The van der Waals surface area contributed by atoms with E-state index >= 15 is 0 Å². The summed E-state index contributed by atoms with van der Waals surface area (Å²) < 4.78 is 30.9. The summed E-state index contributed by atoms with van der Waals surface area (Å²) in [5.74, 6) is -1.65. The van der Waals surface area contributed by atoms with Gasteiger partial charge in [0.2, 0.25) is 0 Å². The molecule has 2 aromatic rings. The molecule has 0 spiro atoms. The van der Waals surface area contributed by atoms with Crippen LogP contribution in [0.3, 0.4) is 0 Å². The Morgan fingerprint density at radius 1 is 1.17 bits per heavy atom. The van der Waals surface area contributed by atoms with Crippen LogP contribution in [-0.2, 0) is 6.61 Å². The summed E-state index contributed by atoms with van der Waals surface area (Å²) in [6, 6.07) is 8.47. The van der Waals surface area contributed by atoms with E-state index in [1.54, 1.807) is 12.1 Å². The third-order valence-corrected chi connectivity index (χ3v) is 2.24. The zero-order valence-corrected chi connectivity index (χ0v) is 9.23. The van der Waals surface area contributed by atoms with E-state index in [9.17, 15) is 8.78 Å². The van der Waals surface area contributed by atoms with Gasteiger partial charge in [-0.2, -0.15) is 5.26 Å². The van der Waals surface area contributed by atoms with Crippen LogP contribution in [0.5, 0.6) is 5.75 Å². The molecule has 0 aliphatic heterocycles. The fourth-order valence-electron chi connectivity index (χ4n) is 1.36. The molecule has 0 aliphatic rings. The number of nitriles is 1. The van der Waals surface area contributed by atoms with E-state index < -0.39 is 11.6 Å². The van der Waals surface area contributed by atoms with Crippen molar-refractivity contribution in [3.05, 3.63) is 59.4 Å². The lowest BCUT2D eigenvalue weighted by atomic mass is 10.2. The predicted molar refractivity (Wildman–Crippen MR) is 59.6 cm³/mol. The van der Waals surface area contributed by atoms with Crippen LogP contribution in [0.25, 0.3) is 0 Å². The highest BCUT2D eigenvalue weighted by Crippen LogP contribution is 2.16. The minimum absolute atomic E-state index is 0.155. The summed E-state index contributed by atoms with van der Waals surface area (Å²) in [5.41, 5.74) is 1.01. The Kier molecular flexibility index (Phi) is 3.49. The average molecular weight is 246 g/mol. The fourth-order valence-corrected chi connectivity index (χ4v) is 1.36. The van der Waals surface area contributed by atoms with E-state index in [4.69, 9.17) is 10.00 Å². The Morgan fingerprint density at radius 3 is 2.72 bits per heavy atom. The van der Waals surface area contributed by atoms with Crippen LogP contribution in [0.1, 0.15) is 11.3 Å². The first-order valence-electron chi connectivity index (χ1n) is 5.12. The molecule has 0 saturated carbocycles. The zero-order chi connectivity index (χ0) is 13.0. The zero-order valence-electron chi connectivity index (χ0n) is 9.23. The summed E-state index contributed by atoms with van der Waals surface area (Å²) in [4.78, 5) is 3.81. The van der Waals surface area contributed by atoms with E-state index in [-0.39, 0.29) is 18.1 Å². The van der Waals surface area contributed by atoms with E-state index in [1.807, 2.05) is 6.07 Å². The first kappa shape index (κ1) is 12.0. The van der Waals surface area contributed by atoms with Gasteiger partial charge in [-0.25, -0.2) is 13.8 Å². The second-order valence-electron chi connectivity index (χ2n) is 3.53. The third kappa shape index (κ3) is 2.80. The molecule has 90 valence electrons. The largest absolute Gasteiger partial charge is 0.489 e. The number of aromatic nitrogens is 1. The Morgan fingerprint density at radius 2 is 2.00 bits per heavy atom. The van der Waals surface area contributed by atoms with Gasteiger partial charge in [-0.3, -0.25) is 0 Å². The number of nitrogens with zero attached hydrogens (tertiary/aromatic N) is 2. The van der Waals surface area contributed by atoms with Crippen LogP contribution in [0.15, 0.2) is 36.5 Å². The first-order chi connectivity index (χ1) is 8.69. The lowest BCUT2D eigenvalue weighted by molar-refractivity contribution is 0.303. The van der Waals surface area contributed by atoms with Crippen molar-refractivity contribution >= 4 is 0 Å². The van der Waals surface area contributed by atoms with Gasteiger partial charge in [0.1, 0.15) is 24.1 Å². The molecule has 0 N–H and O–H groups in total. The highest BCUT2D eigenvalue weighted by atomic mass is 19.2. The molecule has 5 heteroatoms. The van der Waals surface area contributed by atoms with Crippen molar-refractivity contribution in [2.75, 3.05) is 0 Å². The van der Waals surface area contributed by atoms with Gasteiger partial charge in [-0.1, -0.05) is 0 Å². The summed E-state index contributed by atoms with van der Waals surface area (Å²) >= 11 is 0. The van der Waals surface area contributed by atoms with Crippen molar-refractivity contribution in [2.24, 2.45) is 0 Å². The number of halogens is 2. The minimum Gasteiger partial charge on any atom is -0.489 e. The fraction of sp³-hybridized carbons (Fsp3) is 0.0769. The summed E-state index contributed by atoms with van der Waals surface area (Å²) in [7, 11) is 0. The maximum atomic E-state index is 12.9. The van der Waals surface area contributed by atoms with Crippen LogP contribution in [-0.4, -0.2) is 4.98 Å². The number of hydrogen-bond acceptors (Lipinski definition) is 3. The van der Waals surface area contributed by atoms with Crippen molar-refractivity contribution in [1.29, 1.82) is 5.26 Å². The SMILES string of the molecule is N#Cc1cc(COc2ccc(F)c(F)c2)ccn1. The number of pyridine rings is 1. The minimum atomic E-state index is -0.958. The molecule has 0 unspecified atom stereocenters. The number of ether oxygens (including phenoxy) is 1. The van der Waals surface area contributed by atoms with Gasteiger partial charge >= 0.3 is 0 Å². The molecule has 0 fully saturated rings. The molecule has 0 radical (unpaired) electrons. The number of hydrogen-bond donors (Lipinski definition) is 0. The van der Waals surface area contributed by atoms with Crippen LogP contribution >= 0.6 is 0 Å². The van der Waals surface area contributed by atoms with Crippen molar-refractivity contribution in [3.63, 3.8) is 0 Å². The number of benzene rings is 1. The van der Waals surface area contributed by atoms with Gasteiger partial charge in [-0.15, -0.1) is 0 Å². The normalized spacial score (nSPS) is 9.83. The van der Waals surface area contributed by atoms with Crippen LogP contribution < -0.4 is 4.74 Å². The first-order valence-corrected chi connectivity index (χ1v) is 5.12. The van der Waals surface area contributed by atoms with Gasteiger partial charge in [0.05, 0.1) is 0 Å². The Balaban J connectivity index is 2.07. The van der Waals surface area contributed by atoms with E-state index in [0.717, 1.165) is 17.7 Å². The topological polar surface area (TPSA) is 45.9 Å². The molecule has 0 saturated heterocycles. The van der Waals surface area contributed by atoms with Gasteiger partial charge < -0.3 is 4.74 Å². The highest BCUT2D eigenvalue weighted by molar-refractivity contribution is 5.27. The van der Waals surface area contributed by atoms with Crippen LogP contribution in [0.4, 0.5) is 8.78 Å². The highest BCUT2D eigenvalue weighted by Gasteiger charge is 2.04. The van der Waals surface area contributed by atoms with Crippen molar-refractivity contribution in [1.82, 2.24) is 4.98 Å². The quantitative estimate of drug-likeness (QED) is 0.836. The molecule has 2 rings (SSSR count). The smallest absolute Gasteiger partial charge is 0.162 e. The molecule has 1 heterocycles. The molecule has 0 amide bonds. The molecule has 18 heavy (non-hydrogen) atoms. The maximum absolute atomic E-state index is 12.9. The number of rotatable bonds is 3. The summed E-state index contributed by atoms with van der Waals surface area (Å²) in [5, 5.41) is 8.67. The van der Waals surface area contributed by atoms with Gasteiger partial charge in [0.25, 0.3) is 0 Å². The maximum Gasteiger partial charge on any atom is 0.162 e. The molecule has 1 aromatic carbocycles. The molecular formula is C13H8F2N2O. The van der Waals surface area contributed by atoms with Gasteiger partial charge in [-0.05, 0) is 29.8 Å². The second kappa shape index (κ2) is 5.23. The lowest BCUT2D eigenvalue weighted by Crippen LogP contribution is -1.97. The van der Waals surface area contributed by atoms with Crippen molar-refractivity contribution in [3.8, 4) is 11.8 Å². The standard InChI is InChI=1S/C13H8F2N2O/c14-12-2-1-11(6-13(12)15)18-8-9-3-4-17-10(5-9)7-16/h1-6H,8H2. The van der Waals surface area contributed by atoms with Crippen LogP contribution in [0, 0.1) is 23.0 Å². The molecule has 0 aliphatic carbocycles. The summed E-state index contributed by atoms with van der Waals surface area (Å²) in [6.07, 6.45) is 1.49. The average Bonchev–Trinajstić information content (AvgIpc) is 2.40. The molecule has 1 aromatic heterocycles. The monoisotopic (exact) mass is 246 g/mol. The molecule has 3 nitrogen and oxygen atoms in total. The third-order valence-electron chi connectivity index (χ3n) is 2.24. The Hall–Kier alpha value is -2.48. The lowest BCUT2D eigenvalue weighted by Gasteiger charge is -2.06. The predicted octanol–water partition coefficient (Wildman–Crippen LogP) is 2.81. The van der Waals surface area contributed by atoms with E-state index in [0.29, 0.717) is 0 Å². The molecule has 0 atom stereocenters. The Bertz CT molecular complexity index is 608. The second-order valence-corrected chi connectivity index (χ2v) is 3.53. The van der Waals surface area contributed by atoms with Crippen molar-refractivity contribution in [2.45, 2.75) is 6.61 Å². The van der Waals surface area contributed by atoms with Gasteiger partial charge in [0.15, 0.2) is 11.6 Å². The van der Waals surface area contributed by atoms with Crippen molar-refractivity contribution < 1.29 is 13.5 Å². The Labute approximate surface area is 102 Å². The van der Waals surface area contributed by atoms with Gasteiger partial charge in [0, 0.05) is 12.3 Å². The van der Waals surface area contributed by atoms with E-state index in [2.05, 4.69) is 4.98 Å².